The molecular formula is C16H14N2O3S. The number of rotatable bonds is 3. The van der Waals surface area contributed by atoms with Crippen molar-refractivity contribution in [1.29, 1.82) is 0 Å². The van der Waals surface area contributed by atoms with E-state index in [0.29, 0.717) is 28.0 Å². The average molecular weight is 314 g/mol. The molecule has 5 nitrogen and oxygen atoms in total. The van der Waals surface area contributed by atoms with Crippen LogP contribution in [0.25, 0.3) is 10.2 Å². The summed E-state index contributed by atoms with van der Waals surface area (Å²) >= 11 is 1.04. The first-order valence-electron chi connectivity index (χ1n) is 6.77. The summed E-state index contributed by atoms with van der Waals surface area (Å²) in [5.41, 5.74) is 2.40. The molecule has 0 spiro atoms. The molecule has 1 aromatic carbocycles. The number of aromatic carboxylic acids is 1. The summed E-state index contributed by atoms with van der Waals surface area (Å²) in [6.07, 6.45) is 0.511. The summed E-state index contributed by atoms with van der Waals surface area (Å²) in [4.78, 5) is 31.3. The van der Waals surface area contributed by atoms with Crippen LogP contribution >= 0.6 is 11.3 Å². The summed E-state index contributed by atoms with van der Waals surface area (Å²) in [7, 11) is 0. The third-order valence-corrected chi connectivity index (χ3v) is 4.84. The van der Waals surface area contributed by atoms with Crippen molar-refractivity contribution in [3.8, 4) is 0 Å². The van der Waals surface area contributed by atoms with Crippen LogP contribution in [-0.4, -0.2) is 21.0 Å². The predicted molar refractivity (Wildman–Crippen MR) is 85.9 cm³/mol. The molecule has 0 unspecified atom stereocenters. The van der Waals surface area contributed by atoms with Gasteiger partial charge in [0.15, 0.2) is 0 Å². The molecule has 6 heteroatoms. The molecule has 0 aliphatic rings. The Hall–Kier alpha value is -2.47. The highest BCUT2D eigenvalue weighted by Crippen LogP contribution is 2.27. The fraction of sp³-hybridized carbons (Fsp3) is 0.188. The highest BCUT2D eigenvalue weighted by Gasteiger charge is 2.18. The van der Waals surface area contributed by atoms with Crippen molar-refractivity contribution in [2.24, 2.45) is 0 Å². The third-order valence-electron chi connectivity index (χ3n) is 3.66. The van der Waals surface area contributed by atoms with E-state index in [-0.39, 0.29) is 10.4 Å². The van der Waals surface area contributed by atoms with E-state index in [1.807, 2.05) is 31.2 Å². The Bertz CT molecular complexity index is 940. The Morgan fingerprint density at radius 3 is 2.73 bits per heavy atom. The highest BCUT2D eigenvalue weighted by atomic mass is 32.1. The fourth-order valence-electron chi connectivity index (χ4n) is 2.47. The first kappa shape index (κ1) is 14.5. The van der Waals surface area contributed by atoms with Gasteiger partial charge in [-0.1, -0.05) is 24.3 Å². The Balaban J connectivity index is 2.12. The number of nitrogens with zero attached hydrogens (tertiary/aromatic N) is 1. The second kappa shape index (κ2) is 5.38. The average Bonchev–Trinajstić information content (AvgIpc) is 2.79. The van der Waals surface area contributed by atoms with Crippen LogP contribution in [0.3, 0.4) is 0 Å². The van der Waals surface area contributed by atoms with Gasteiger partial charge in [0, 0.05) is 6.42 Å². The third kappa shape index (κ3) is 2.42. The van der Waals surface area contributed by atoms with E-state index in [1.54, 1.807) is 6.92 Å². The van der Waals surface area contributed by atoms with Crippen molar-refractivity contribution in [2.45, 2.75) is 20.3 Å². The maximum Gasteiger partial charge on any atom is 0.346 e. The van der Waals surface area contributed by atoms with Crippen LogP contribution in [0.15, 0.2) is 29.1 Å². The van der Waals surface area contributed by atoms with Crippen LogP contribution in [-0.2, 0) is 6.42 Å². The molecule has 2 aromatic heterocycles. The normalized spacial score (nSPS) is 11.0. The minimum Gasteiger partial charge on any atom is -0.477 e. The van der Waals surface area contributed by atoms with E-state index < -0.39 is 5.97 Å². The van der Waals surface area contributed by atoms with E-state index in [0.717, 1.165) is 22.5 Å². The van der Waals surface area contributed by atoms with Gasteiger partial charge in [0.2, 0.25) is 0 Å². The van der Waals surface area contributed by atoms with Gasteiger partial charge in [0.1, 0.15) is 15.5 Å². The first-order chi connectivity index (χ1) is 10.5. The van der Waals surface area contributed by atoms with E-state index in [9.17, 15) is 9.59 Å². The second-order valence-corrected chi connectivity index (χ2v) is 6.16. The molecule has 22 heavy (non-hydrogen) atoms. The molecule has 2 heterocycles. The Morgan fingerprint density at radius 1 is 1.32 bits per heavy atom. The monoisotopic (exact) mass is 314 g/mol. The topological polar surface area (TPSA) is 83.0 Å². The van der Waals surface area contributed by atoms with Crippen LogP contribution in [0.5, 0.6) is 0 Å². The summed E-state index contributed by atoms with van der Waals surface area (Å²) < 4.78 is 0. The standard InChI is InChI=1S/C16H14N2O3S/c1-8-5-3-4-6-10(8)7-11-17-14(19)12-9(2)13(16(20)21)22-15(12)18-11/h3-6H,7H2,1-2H3,(H,20,21)(H,17,18,19). The quantitative estimate of drug-likeness (QED) is 0.778. The van der Waals surface area contributed by atoms with Crippen molar-refractivity contribution in [1.82, 2.24) is 9.97 Å². The first-order valence-corrected chi connectivity index (χ1v) is 7.59. The molecule has 2 N–H and O–H groups in total. The smallest absolute Gasteiger partial charge is 0.346 e. The number of aromatic nitrogens is 2. The lowest BCUT2D eigenvalue weighted by atomic mass is 10.1. The van der Waals surface area contributed by atoms with E-state index in [2.05, 4.69) is 9.97 Å². The number of carboxylic acid groups (broad SMARTS) is 1. The molecule has 0 fully saturated rings. The van der Waals surface area contributed by atoms with Gasteiger partial charge in [-0.25, -0.2) is 9.78 Å². The second-order valence-electron chi connectivity index (χ2n) is 5.16. The van der Waals surface area contributed by atoms with Crippen molar-refractivity contribution >= 4 is 27.5 Å². The summed E-state index contributed by atoms with van der Waals surface area (Å²) in [5.74, 6) is -0.481. The number of aryl methyl sites for hydroxylation is 2. The van der Waals surface area contributed by atoms with Crippen molar-refractivity contribution in [3.05, 3.63) is 62.0 Å². The predicted octanol–water partition coefficient (Wildman–Crippen LogP) is 2.89. The molecule has 0 bridgehead atoms. The number of nitrogens with one attached hydrogen (secondary N) is 1. The van der Waals surface area contributed by atoms with Crippen molar-refractivity contribution < 1.29 is 9.90 Å². The Morgan fingerprint density at radius 2 is 2.05 bits per heavy atom. The molecule has 0 amide bonds. The molecule has 0 aliphatic heterocycles. The molecule has 3 rings (SSSR count). The number of thiophene rings is 1. The molecule has 0 aliphatic carbocycles. The number of aromatic amines is 1. The summed E-state index contributed by atoms with van der Waals surface area (Å²) in [6, 6.07) is 7.89. The maximum atomic E-state index is 12.2. The Kier molecular flexibility index (Phi) is 3.54. The van der Waals surface area contributed by atoms with Crippen molar-refractivity contribution in [3.63, 3.8) is 0 Å². The maximum absolute atomic E-state index is 12.2. The number of fused-ring (bicyclic) bond motifs is 1. The lowest BCUT2D eigenvalue weighted by molar-refractivity contribution is 0.0701. The number of carboxylic acids is 1. The van der Waals surface area contributed by atoms with E-state index in [1.165, 1.54) is 0 Å². The fourth-order valence-corrected chi connectivity index (χ4v) is 3.50. The summed E-state index contributed by atoms with van der Waals surface area (Å²) in [6.45, 7) is 3.64. The number of hydrogen-bond acceptors (Lipinski definition) is 4. The minimum absolute atomic E-state index is 0.168. The van der Waals surface area contributed by atoms with Crippen LogP contribution in [0.1, 0.15) is 32.2 Å². The minimum atomic E-state index is -1.03. The summed E-state index contributed by atoms with van der Waals surface area (Å²) in [5, 5.41) is 9.54. The number of carbonyl (C=O) groups is 1. The van der Waals surface area contributed by atoms with Gasteiger partial charge in [0.05, 0.1) is 5.39 Å². The van der Waals surface area contributed by atoms with Crippen LogP contribution in [0.4, 0.5) is 0 Å². The lowest BCUT2D eigenvalue weighted by Crippen LogP contribution is -2.12. The van der Waals surface area contributed by atoms with E-state index in [4.69, 9.17) is 5.11 Å². The Labute approximate surface area is 130 Å². The van der Waals surface area contributed by atoms with Gasteiger partial charge in [0.25, 0.3) is 5.56 Å². The molecular weight excluding hydrogens is 300 g/mol. The number of hydrogen-bond donors (Lipinski definition) is 2. The molecule has 3 aromatic rings. The molecule has 0 saturated heterocycles. The van der Waals surface area contributed by atoms with Gasteiger partial charge >= 0.3 is 5.97 Å². The van der Waals surface area contributed by atoms with Crippen molar-refractivity contribution in [2.75, 3.05) is 0 Å². The van der Waals surface area contributed by atoms with Crippen LogP contribution < -0.4 is 5.56 Å². The zero-order valence-electron chi connectivity index (χ0n) is 12.1. The van der Waals surface area contributed by atoms with Gasteiger partial charge in [-0.15, -0.1) is 11.3 Å². The van der Waals surface area contributed by atoms with Gasteiger partial charge in [-0.3, -0.25) is 4.79 Å². The van der Waals surface area contributed by atoms with Gasteiger partial charge in [-0.2, -0.15) is 0 Å². The van der Waals surface area contributed by atoms with E-state index >= 15 is 0 Å². The zero-order valence-corrected chi connectivity index (χ0v) is 13.0. The number of benzene rings is 1. The van der Waals surface area contributed by atoms with Crippen LogP contribution in [0, 0.1) is 13.8 Å². The lowest BCUT2D eigenvalue weighted by Gasteiger charge is -2.05. The number of H-pyrrole nitrogens is 1. The van der Waals surface area contributed by atoms with Crippen LogP contribution in [0.2, 0.25) is 0 Å². The largest absolute Gasteiger partial charge is 0.477 e. The molecule has 0 saturated carbocycles. The van der Waals surface area contributed by atoms with Gasteiger partial charge in [-0.05, 0) is 30.5 Å². The highest BCUT2D eigenvalue weighted by molar-refractivity contribution is 7.20. The molecule has 112 valence electrons. The SMILES string of the molecule is Cc1ccccc1Cc1nc2sc(C(=O)O)c(C)c2c(=O)[nH]1. The van der Waals surface area contributed by atoms with Gasteiger partial charge < -0.3 is 10.1 Å². The molecule has 0 radical (unpaired) electrons. The zero-order chi connectivity index (χ0) is 15.9. The molecule has 0 atom stereocenters.